The van der Waals surface area contributed by atoms with Crippen molar-refractivity contribution in [3.05, 3.63) is 35.9 Å². The third-order valence-corrected chi connectivity index (χ3v) is 1.77. The summed E-state index contributed by atoms with van der Waals surface area (Å²) in [4.78, 5) is 21.5. The van der Waals surface area contributed by atoms with Gasteiger partial charge in [-0.1, -0.05) is 30.3 Å². The highest BCUT2D eigenvalue weighted by Crippen LogP contribution is 2.01. The van der Waals surface area contributed by atoms with Crippen LogP contribution in [0.1, 0.15) is 5.56 Å². The number of hydrogen-bond acceptors (Lipinski definition) is 3. The summed E-state index contributed by atoms with van der Waals surface area (Å²) in [7, 11) is 0. The van der Waals surface area contributed by atoms with Gasteiger partial charge in [0.1, 0.15) is 6.54 Å². The topological polar surface area (TPSA) is 109 Å². The molecule has 0 aliphatic rings. The van der Waals surface area contributed by atoms with E-state index in [0.29, 0.717) is 0 Å². The average molecular weight is 227 g/mol. The molecule has 1 amide bonds. The largest absolute Gasteiger partial charge is 0.480 e. The highest BCUT2D eigenvalue weighted by atomic mass is 16.5. The molecule has 0 heterocycles. The average Bonchev–Trinajstić information content (AvgIpc) is 2.18. The van der Waals surface area contributed by atoms with Gasteiger partial charge in [-0.25, -0.2) is 5.06 Å². The van der Waals surface area contributed by atoms with Gasteiger partial charge in [0.25, 0.3) is 5.91 Å². The fraction of sp³-hybridized carbons (Fsp3) is 0.200. The summed E-state index contributed by atoms with van der Waals surface area (Å²) in [5.41, 5.74) is 0.729. The Bertz CT molecular complexity index is 351. The van der Waals surface area contributed by atoms with Crippen molar-refractivity contribution in [1.29, 1.82) is 0 Å². The fourth-order valence-corrected chi connectivity index (χ4v) is 1.08. The minimum Gasteiger partial charge on any atom is -0.480 e. The summed E-state index contributed by atoms with van der Waals surface area (Å²) in [6.07, 6.45) is -0.00931. The lowest BCUT2D eigenvalue weighted by Gasteiger charge is -2.11. The number of amides is 1. The summed E-state index contributed by atoms with van der Waals surface area (Å²) in [6, 6.07) is 8.80. The van der Waals surface area contributed by atoms with Crippen LogP contribution in [-0.2, 0) is 16.0 Å². The lowest BCUT2D eigenvalue weighted by molar-refractivity contribution is -0.172. The van der Waals surface area contributed by atoms with Crippen LogP contribution in [0.5, 0.6) is 0 Å². The van der Waals surface area contributed by atoms with Gasteiger partial charge in [-0.05, 0) is 5.56 Å². The van der Waals surface area contributed by atoms with E-state index in [-0.39, 0.29) is 17.0 Å². The van der Waals surface area contributed by atoms with Crippen molar-refractivity contribution in [1.82, 2.24) is 5.06 Å². The summed E-state index contributed by atoms with van der Waals surface area (Å²) >= 11 is 0. The molecule has 0 radical (unpaired) electrons. The lowest BCUT2D eigenvalue weighted by Crippen LogP contribution is -2.33. The van der Waals surface area contributed by atoms with Crippen LogP contribution >= 0.6 is 0 Å². The van der Waals surface area contributed by atoms with E-state index in [1.165, 1.54) is 0 Å². The van der Waals surface area contributed by atoms with Crippen LogP contribution in [0.2, 0.25) is 0 Å². The van der Waals surface area contributed by atoms with Gasteiger partial charge in [0, 0.05) is 0 Å². The van der Waals surface area contributed by atoms with Crippen LogP contribution in [0.15, 0.2) is 30.3 Å². The van der Waals surface area contributed by atoms with E-state index >= 15 is 0 Å². The molecular weight excluding hydrogens is 214 g/mol. The summed E-state index contributed by atoms with van der Waals surface area (Å²) < 4.78 is 0. The van der Waals surface area contributed by atoms with Crippen molar-refractivity contribution < 1.29 is 25.4 Å². The van der Waals surface area contributed by atoms with Crippen LogP contribution in [-0.4, -0.2) is 39.3 Å². The van der Waals surface area contributed by atoms with E-state index < -0.39 is 18.4 Å². The Morgan fingerprint density at radius 2 is 1.75 bits per heavy atom. The van der Waals surface area contributed by atoms with Gasteiger partial charge in [0.2, 0.25) is 0 Å². The van der Waals surface area contributed by atoms with Gasteiger partial charge in [-0.2, -0.15) is 0 Å². The van der Waals surface area contributed by atoms with Crippen LogP contribution < -0.4 is 0 Å². The van der Waals surface area contributed by atoms with Crippen molar-refractivity contribution in [2.75, 3.05) is 6.54 Å². The fourth-order valence-electron chi connectivity index (χ4n) is 1.08. The maximum Gasteiger partial charge on any atom is 0.325 e. The van der Waals surface area contributed by atoms with Crippen LogP contribution in [0.4, 0.5) is 0 Å². The molecule has 0 saturated carbocycles. The minimum atomic E-state index is -1.25. The Labute approximate surface area is 92.0 Å². The molecule has 16 heavy (non-hydrogen) atoms. The second-order valence-corrected chi connectivity index (χ2v) is 3.01. The first-order valence-electron chi connectivity index (χ1n) is 4.34. The number of hydrogen-bond donors (Lipinski definition) is 2. The molecule has 0 saturated heterocycles. The zero-order chi connectivity index (χ0) is 11.3. The predicted octanol–water partition coefficient (Wildman–Crippen LogP) is -0.293. The molecule has 4 N–H and O–H groups in total. The van der Waals surface area contributed by atoms with E-state index in [1.54, 1.807) is 24.3 Å². The number of rotatable bonds is 4. The van der Waals surface area contributed by atoms with E-state index in [9.17, 15) is 9.59 Å². The Hall–Kier alpha value is -1.92. The Morgan fingerprint density at radius 1 is 1.19 bits per heavy atom. The molecule has 0 atom stereocenters. The highest BCUT2D eigenvalue weighted by Gasteiger charge is 2.14. The molecule has 0 fully saturated rings. The van der Waals surface area contributed by atoms with Gasteiger partial charge in [-0.15, -0.1) is 0 Å². The van der Waals surface area contributed by atoms with Gasteiger partial charge in [0.05, 0.1) is 6.42 Å². The quantitative estimate of drug-likeness (QED) is 0.543. The molecule has 1 rings (SSSR count). The molecule has 0 bridgehead atoms. The van der Waals surface area contributed by atoms with Crippen molar-refractivity contribution in [3.63, 3.8) is 0 Å². The molecule has 1 aromatic carbocycles. The van der Waals surface area contributed by atoms with Crippen molar-refractivity contribution >= 4 is 11.9 Å². The number of nitrogens with zero attached hydrogens (tertiary/aromatic N) is 1. The normalized spacial score (nSPS) is 9.06. The molecule has 0 aromatic heterocycles. The maximum atomic E-state index is 11.3. The van der Waals surface area contributed by atoms with Crippen molar-refractivity contribution in [2.24, 2.45) is 0 Å². The Morgan fingerprint density at radius 3 is 2.25 bits per heavy atom. The lowest BCUT2D eigenvalue weighted by atomic mass is 10.1. The van der Waals surface area contributed by atoms with Gasteiger partial charge in [0.15, 0.2) is 0 Å². The Balaban J connectivity index is 0.00000225. The van der Waals surface area contributed by atoms with E-state index in [2.05, 4.69) is 0 Å². The zero-order valence-electron chi connectivity index (χ0n) is 8.46. The SMILES string of the molecule is O.O=C(O)CN(O)C(=O)Cc1ccccc1. The smallest absolute Gasteiger partial charge is 0.325 e. The molecule has 6 heteroatoms. The van der Waals surface area contributed by atoms with Gasteiger partial charge < -0.3 is 10.6 Å². The first-order chi connectivity index (χ1) is 7.09. The molecule has 6 nitrogen and oxygen atoms in total. The predicted molar refractivity (Wildman–Crippen MR) is 54.9 cm³/mol. The molecule has 0 aliphatic carbocycles. The summed E-state index contributed by atoms with van der Waals surface area (Å²) in [5.74, 6) is -1.89. The van der Waals surface area contributed by atoms with Gasteiger partial charge >= 0.3 is 5.97 Å². The van der Waals surface area contributed by atoms with Crippen LogP contribution in [0.3, 0.4) is 0 Å². The van der Waals surface area contributed by atoms with Crippen molar-refractivity contribution in [3.8, 4) is 0 Å². The number of benzene rings is 1. The van der Waals surface area contributed by atoms with Crippen LogP contribution in [0, 0.1) is 0 Å². The monoisotopic (exact) mass is 227 g/mol. The molecule has 0 spiro atoms. The summed E-state index contributed by atoms with van der Waals surface area (Å²) in [5, 5.41) is 17.6. The van der Waals surface area contributed by atoms with Crippen molar-refractivity contribution in [2.45, 2.75) is 6.42 Å². The molecule has 1 aromatic rings. The Kier molecular flexibility index (Phi) is 5.76. The highest BCUT2D eigenvalue weighted by molar-refractivity contribution is 5.81. The second-order valence-electron chi connectivity index (χ2n) is 3.01. The second kappa shape index (κ2) is 6.54. The number of carbonyl (C=O) groups excluding carboxylic acids is 1. The first-order valence-corrected chi connectivity index (χ1v) is 4.34. The molecular formula is C10H13NO5. The number of aliphatic carboxylic acids is 1. The van der Waals surface area contributed by atoms with Crippen LogP contribution in [0.25, 0.3) is 0 Å². The number of carboxylic acids is 1. The van der Waals surface area contributed by atoms with E-state index in [1.807, 2.05) is 6.07 Å². The minimum absolute atomic E-state index is 0. The molecule has 88 valence electrons. The maximum absolute atomic E-state index is 11.3. The number of carbonyl (C=O) groups is 2. The zero-order valence-corrected chi connectivity index (χ0v) is 8.46. The number of carboxylic acid groups (broad SMARTS) is 1. The standard InChI is InChI=1S/C10H11NO4.H2O/c12-9(11(15)7-10(13)14)6-8-4-2-1-3-5-8;/h1-5,15H,6-7H2,(H,13,14);1H2. The van der Waals surface area contributed by atoms with E-state index in [4.69, 9.17) is 10.3 Å². The van der Waals surface area contributed by atoms with E-state index in [0.717, 1.165) is 5.56 Å². The third kappa shape index (κ3) is 4.54. The molecule has 0 unspecified atom stereocenters. The molecule has 0 aliphatic heterocycles. The third-order valence-electron chi connectivity index (χ3n) is 1.77. The first kappa shape index (κ1) is 14.1. The summed E-state index contributed by atoms with van der Waals surface area (Å²) in [6.45, 7) is -0.703. The van der Waals surface area contributed by atoms with Gasteiger partial charge in [-0.3, -0.25) is 14.8 Å². The number of hydroxylamine groups is 2.